The molecule has 0 spiro atoms. The van der Waals surface area contributed by atoms with Crippen LogP contribution in [0.2, 0.25) is 0 Å². The number of hydrogen-bond donors (Lipinski definition) is 1. The van der Waals surface area contributed by atoms with Crippen molar-refractivity contribution >= 4 is 11.4 Å². The van der Waals surface area contributed by atoms with Crippen molar-refractivity contribution in [1.82, 2.24) is 9.80 Å². The Labute approximate surface area is 358 Å². The van der Waals surface area contributed by atoms with Crippen LogP contribution in [0.4, 0.5) is 42.1 Å². The van der Waals surface area contributed by atoms with Crippen LogP contribution in [0.1, 0.15) is 36.8 Å². The zero-order valence-electron chi connectivity index (χ0n) is 33.6. The fourth-order valence-corrected chi connectivity index (χ4v) is 6.35. The highest BCUT2D eigenvalue weighted by atomic mass is 19.4. The first-order chi connectivity index (χ1) is 29.8. The predicted octanol–water partition coefficient (Wildman–Crippen LogP) is 8.82. The van der Waals surface area contributed by atoms with E-state index >= 15 is 0 Å². The summed E-state index contributed by atoms with van der Waals surface area (Å²) in [5.41, 5.74) is -3.59. The number of terminal acetylenes is 2. The Morgan fingerprint density at radius 3 is 1.41 bits per heavy atom. The van der Waals surface area contributed by atoms with Crippen molar-refractivity contribution in [3.8, 4) is 41.9 Å². The maximum absolute atomic E-state index is 13.0. The minimum Gasteiger partial charge on any atom is -0.492 e. The summed E-state index contributed by atoms with van der Waals surface area (Å²) in [6.45, 7) is 3.58. The van der Waals surface area contributed by atoms with E-state index in [0.717, 1.165) is 36.4 Å². The standard InChI is InChI=1S/C22H21F3N2O4.C16H18F3NO2.C6H4FNO2/c1-2-21(31-18-9-7-17(8-10-18)27(28)29)11-13-26(14-12-21)15-16-30-20-6-4-3-5-19(20)22(23,24)25;1-2-15(21)7-9-20(10-8-15)11-12-22-14-6-4-3-5-13(14)16(17,18)19;7-5-1-3-6(4-2-5)8(9)10/h1,3-10H,11-16H2;1,3-6,21H,7-12H2;1-4H. The number of rotatable bonds is 12. The first-order valence-corrected chi connectivity index (χ1v) is 19.3. The lowest BCUT2D eigenvalue weighted by Gasteiger charge is -2.38. The van der Waals surface area contributed by atoms with Gasteiger partial charge in [0, 0.05) is 89.2 Å². The van der Waals surface area contributed by atoms with Gasteiger partial charge in [-0.2, -0.15) is 26.3 Å². The summed E-state index contributed by atoms with van der Waals surface area (Å²) >= 11 is 0. The molecule has 0 unspecified atom stereocenters. The van der Waals surface area contributed by atoms with Crippen molar-refractivity contribution in [1.29, 1.82) is 0 Å². The van der Waals surface area contributed by atoms with E-state index in [9.17, 15) is 56.1 Å². The number of para-hydroxylation sites is 2. The summed E-state index contributed by atoms with van der Waals surface area (Å²) in [4.78, 5) is 23.8. The zero-order valence-corrected chi connectivity index (χ0v) is 33.6. The van der Waals surface area contributed by atoms with Crippen molar-refractivity contribution in [2.24, 2.45) is 0 Å². The van der Waals surface area contributed by atoms with E-state index < -0.39 is 50.3 Å². The minimum absolute atomic E-state index is 0.0379. The third-order valence-corrected chi connectivity index (χ3v) is 9.99. The van der Waals surface area contributed by atoms with Gasteiger partial charge in [-0.3, -0.25) is 30.0 Å². The third kappa shape index (κ3) is 15.2. The number of halogens is 7. The van der Waals surface area contributed by atoms with Crippen LogP contribution in [0.25, 0.3) is 0 Å². The number of piperidine rings is 2. The molecular formula is C44H43F7N4O8. The van der Waals surface area contributed by atoms with Crippen molar-refractivity contribution < 1.29 is 59.9 Å². The number of nitro benzene ring substituents is 2. The zero-order chi connectivity index (χ0) is 46.3. The van der Waals surface area contributed by atoms with Gasteiger partial charge in [-0.1, -0.05) is 36.1 Å². The summed E-state index contributed by atoms with van der Waals surface area (Å²) in [6, 6.07) is 20.4. The highest BCUT2D eigenvalue weighted by molar-refractivity contribution is 5.38. The molecule has 0 bridgehead atoms. The summed E-state index contributed by atoms with van der Waals surface area (Å²) < 4.78 is 106. The number of nitro groups is 2. The van der Waals surface area contributed by atoms with Crippen molar-refractivity contribution in [3.05, 3.63) is 134 Å². The Morgan fingerprint density at radius 2 is 1.03 bits per heavy atom. The molecule has 2 aliphatic heterocycles. The highest BCUT2D eigenvalue weighted by Crippen LogP contribution is 2.37. The van der Waals surface area contributed by atoms with Crippen LogP contribution in [0.3, 0.4) is 0 Å². The Hall–Kier alpha value is -6.41. The third-order valence-electron chi connectivity index (χ3n) is 9.99. The van der Waals surface area contributed by atoms with Crippen LogP contribution in [-0.4, -0.2) is 88.4 Å². The molecule has 4 aromatic rings. The molecule has 1 N–H and O–H groups in total. The maximum Gasteiger partial charge on any atom is 0.419 e. The second-order valence-corrected chi connectivity index (χ2v) is 14.3. The Balaban J connectivity index is 0.000000235. The summed E-state index contributed by atoms with van der Waals surface area (Å²) in [7, 11) is 0. The van der Waals surface area contributed by atoms with E-state index in [0.29, 0.717) is 70.7 Å². The molecule has 2 aliphatic rings. The molecule has 0 saturated carbocycles. The van der Waals surface area contributed by atoms with Crippen LogP contribution in [0.15, 0.2) is 97.1 Å². The van der Waals surface area contributed by atoms with Gasteiger partial charge in [0.15, 0.2) is 5.60 Å². The fourth-order valence-electron chi connectivity index (χ4n) is 6.35. The number of alkyl halides is 6. The molecule has 336 valence electrons. The van der Waals surface area contributed by atoms with E-state index in [2.05, 4.69) is 11.8 Å². The first-order valence-electron chi connectivity index (χ1n) is 19.3. The van der Waals surface area contributed by atoms with Crippen LogP contribution in [0.5, 0.6) is 17.2 Å². The number of non-ortho nitro benzene ring substituents is 2. The number of benzene rings is 4. The molecule has 63 heavy (non-hydrogen) atoms. The normalized spacial score (nSPS) is 16.0. The van der Waals surface area contributed by atoms with Gasteiger partial charge in [-0.05, 0) is 48.5 Å². The monoisotopic (exact) mass is 888 g/mol. The van der Waals surface area contributed by atoms with Gasteiger partial charge in [-0.15, -0.1) is 12.8 Å². The molecule has 2 fully saturated rings. The molecular weight excluding hydrogens is 845 g/mol. The second kappa shape index (κ2) is 22.1. The molecule has 4 aromatic carbocycles. The molecule has 12 nitrogen and oxygen atoms in total. The average Bonchev–Trinajstić information content (AvgIpc) is 3.25. The Bertz CT molecular complexity index is 2190. The van der Waals surface area contributed by atoms with Gasteiger partial charge in [0.2, 0.25) is 0 Å². The molecule has 0 aromatic heterocycles. The Kier molecular flexibility index (Phi) is 17.3. The smallest absolute Gasteiger partial charge is 0.419 e. The van der Waals surface area contributed by atoms with E-state index in [1.54, 1.807) is 0 Å². The topological polar surface area (TPSA) is 141 Å². The summed E-state index contributed by atoms with van der Waals surface area (Å²) in [5, 5.41) is 30.7. The second-order valence-electron chi connectivity index (χ2n) is 14.3. The lowest BCUT2D eigenvalue weighted by molar-refractivity contribution is -0.385. The van der Waals surface area contributed by atoms with E-state index in [1.165, 1.54) is 60.7 Å². The molecule has 0 aliphatic carbocycles. The van der Waals surface area contributed by atoms with Crippen LogP contribution < -0.4 is 14.2 Å². The summed E-state index contributed by atoms with van der Waals surface area (Å²) in [5.74, 6) is 4.70. The van der Waals surface area contributed by atoms with Gasteiger partial charge in [0.05, 0.1) is 21.0 Å². The van der Waals surface area contributed by atoms with E-state index in [4.69, 9.17) is 27.1 Å². The van der Waals surface area contributed by atoms with Crippen molar-refractivity contribution in [3.63, 3.8) is 0 Å². The maximum atomic E-state index is 13.0. The van der Waals surface area contributed by atoms with Gasteiger partial charge in [-0.25, -0.2) is 4.39 Å². The van der Waals surface area contributed by atoms with Gasteiger partial charge in [0.1, 0.15) is 41.9 Å². The molecule has 19 heteroatoms. The van der Waals surface area contributed by atoms with E-state index in [-0.39, 0.29) is 36.1 Å². The summed E-state index contributed by atoms with van der Waals surface area (Å²) in [6.07, 6.45) is 4.03. The Morgan fingerprint density at radius 1 is 0.635 bits per heavy atom. The number of likely N-dealkylation sites (tertiary alicyclic amines) is 2. The lowest BCUT2D eigenvalue weighted by atomic mass is 9.92. The lowest BCUT2D eigenvalue weighted by Crippen LogP contribution is -2.48. The predicted molar refractivity (Wildman–Crippen MR) is 217 cm³/mol. The quantitative estimate of drug-likeness (QED) is 0.0635. The molecule has 6 rings (SSSR count). The fraction of sp³-hybridized carbons (Fsp3) is 0.364. The highest BCUT2D eigenvalue weighted by Gasteiger charge is 2.37. The van der Waals surface area contributed by atoms with Gasteiger partial charge < -0.3 is 19.3 Å². The van der Waals surface area contributed by atoms with Gasteiger partial charge in [0.25, 0.3) is 11.4 Å². The van der Waals surface area contributed by atoms with Crippen LogP contribution in [0, 0.1) is 50.7 Å². The van der Waals surface area contributed by atoms with Crippen LogP contribution >= 0.6 is 0 Å². The molecule has 2 heterocycles. The van der Waals surface area contributed by atoms with Crippen molar-refractivity contribution in [2.75, 3.05) is 52.5 Å². The largest absolute Gasteiger partial charge is 0.492 e. The van der Waals surface area contributed by atoms with Gasteiger partial charge >= 0.3 is 12.4 Å². The molecule has 0 radical (unpaired) electrons. The minimum atomic E-state index is -4.47. The SMILES string of the molecule is C#CC1(O)CCN(CCOc2ccccc2C(F)(F)F)CC1.C#CC1(Oc2ccc([N+](=O)[O-])cc2)CCN(CCOc2ccccc2C(F)(F)F)CC1.O=[N+]([O-])c1ccc(F)cc1. The average molecular weight is 889 g/mol. The number of ether oxygens (including phenoxy) is 3. The molecule has 0 atom stereocenters. The van der Waals surface area contributed by atoms with E-state index in [1.807, 2.05) is 9.80 Å². The van der Waals surface area contributed by atoms with Crippen LogP contribution in [-0.2, 0) is 12.4 Å². The molecule has 0 amide bonds. The number of nitrogens with zero attached hydrogens (tertiary/aromatic N) is 4. The molecule has 2 saturated heterocycles. The number of hydrogen-bond acceptors (Lipinski definition) is 10. The number of aliphatic hydroxyl groups is 1. The van der Waals surface area contributed by atoms with Crippen molar-refractivity contribution in [2.45, 2.75) is 49.2 Å². The first kappa shape index (κ1) is 49.2.